The maximum absolute atomic E-state index is 12.6. The van der Waals surface area contributed by atoms with E-state index in [0.717, 1.165) is 23.4 Å². The van der Waals surface area contributed by atoms with E-state index in [0.29, 0.717) is 42.7 Å². The fourth-order valence-electron chi connectivity index (χ4n) is 4.21. The molecular formula is C24H24N4O5. The molecular weight excluding hydrogens is 424 g/mol. The zero-order chi connectivity index (χ0) is 22.9. The first-order valence-electron chi connectivity index (χ1n) is 10.9. The molecule has 9 nitrogen and oxygen atoms in total. The minimum Gasteiger partial charge on any atom is -0.497 e. The number of aromatic nitrogens is 2. The van der Waals surface area contributed by atoms with Crippen molar-refractivity contribution in [2.45, 2.75) is 25.7 Å². The first-order valence-corrected chi connectivity index (χ1v) is 10.9. The minimum absolute atomic E-state index is 0.00423. The Morgan fingerprint density at radius 2 is 1.94 bits per heavy atom. The fraction of sp³-hybridized carbons (Fsp3) is 0.333. The van der Waals surface area contributed by atoms with Crippen molar-refractivity contribution in [3.8, 4) is 22.9 Å². The number of anilines is 2. The minimum atomic E-state index is -0.194. The number of hydrogen-bond acceptors (Lipinski definition) is 7. The van der Waals surface area contributed by atoms with Crippen molar-refractivity contribution >= 4 is 23.2 Å². The van der Waals surface area contributed by atoms with Crippen LogP contribution in [0.1, 0.15) is 31.6 Å². The van der Waals surface area contributed by atoms with Crippen molar-refractivity contribution in [3.05, 3.63) is 48.4 Å². The molecule has 0 radical (unpaired) electrons. The Balaban J connectivity index is 1.36. The normalized spacial score (nSPS) is 17.8. The molecule has 0 bridgehead atoms. The average molecular weight is 448 g/mol. The molecule has 170 valence electrons. The fourth-order valence-corrected chi connectivity index (χ4v) is 4.21. The van der Waals surface area contributed by atoms with Gasteiger partial charge in [0.25, 0.3) is 5.91 Å². The number of carbonyl (C=O) groups excluding carboxylic acids is 2. The average Bonchev–Trinajstić information content (AvgIpc) is 3.48. The van der Waals surface area contributed by atoms with Crippen molar-refractivity contribution in [1.29, 1.82) is 0 Å². The topological polar surface area (TPSA) is 98.0 Å². The lowest BCUT2D eigenvalue weighted by Crippen LogP contribution is -2.39. The van der Waals surface area contributed by atoms with Gasteiger partial charge in [-0.2, -0.15) is 4.98 Å². The molecule has 1 fully saturated rings. The van der Waals surface area contributed by atoms with Gasteiger partial charge in [-0.05, 0) is 48.9 Å². The van der Waals surface area contributed by atoms with Crippen LogP contribution in [0.5, 0.6) is 11.5 Å². The Labute approximate surface area is 190 Å². The number of carbonyl (C=O) groups is 2. The SMILES string of the molecule is CCCN1C(=O)COc2ccc(-c3noc(C4CC(=O)N(c5ccc(OC)cc5)C4)n3)cc21. The molecule has 0 N–H and O–H groups in total. The van der Waals surface area contributed by atoms with Gasteiger partial charge in [-0.1, -0.05) is 12.1 Å². The van der Waals surface area contributed by atoms with Crippen LogP contribution in [0.15, 0.2) is 47.0 Å². The summed E-state index contributed by atoms with van der Waals surface area (Å²) in [6, 6.07) is 12.9. The second-order valence-electron chi connectivity index (χ2n) is 8.08. The predicted octanol–water partition coefficient (Wildman–Crippen LogP) is 3.40. The number of benzene rings is 2. The molecule has 33 heavy (non-hydrogen) atoms. The van der Waals surface area contributed by atoms with Crippen LogP contribution in [-0.2, 0) is 9.59 Å². The first-order chi connectivity index (χ1) is 16.1. The molecule has 0 aliphatic carbocycles. The van der Waals surface area contributed by atoms with Crippen LogP contribution < -0.4 is 19.3 Å². The highest BCUT2D eigenvalue weighted by Gasteiger charge is 2.35. The van der Waals surface area contributed by atoms with Gasteiger partial charge in [0.2, 0.25) is 17.6 Å². The molecule has 3 aromatic rings. The van der Waals surface area contributed by atoms with E-state index in [4.69, 9.17) is 14.0 Å². The molecule has 5 rings (SSSR count). The second-order valence-corrected chi connectivity index (χ2v) is 8.08. The highest BCUT2D eigenvalue weighted by molar-refractivity contribution is 5.98. The van der Waals surface area contributed by atoms with E-state index in [9.17, 15) is 9.59 Å². The molecule has 0 saturated carbocycles. The molecule has 1 unspecified atom stereocenters. The zero-order valence-corrected chi connectivity index (χ0v) is 18.5. The molecule has 9 heteroatoms. The van der Waals surface area contributed by atoms with Crippen molar-refractivity contribution in [3.63, 3.8) is 0 Å². The predicted molar refractivity (Wildman–Crippen MR) is 121 cm³/mol. The van der Waals surface area contributed by atoms with Crippen LogP contribution in [0.2, 0.25) is 0 Å². The van der Waals surface area contributed by atoms with Gasteiger partial charge in [-0.3, -0.25) is 9.59 Å². The molecule has 2 aliphatic rings. The van der Waals surface area contributed by atoms with Gasteiger partial charge >= 0.3 is 0 Å². The maximum Gasteiger partial charge on any atom is 0.265 e. The van der Waals surface area contributed by atoms with E-state index in [2.05, 4.69) is 10.1 Å². The number of methoxy groups -OCH3 is 1. The highest BCUT2D eigenvalue weighted by atomic mass is 16.5. The van der Waals surface area contributed by atoms with Crippen LogP contribution in [-0.4, -0.2) is 48.8 Å². The monoisotopic (exact) mass is 448 g/mol. The smallest absolute Gasteiger partial charge is 0.265 e. The van der Waals surface area contributed by atoms with Crippen molar-refractivity contribution in [2.24, 2.45) is 0 Å². The Hall–Kier alpha value is -3.88. The summed E-state index contributed by atoms with van der Waals surface area (Å²) in [6.07, 6.45) is 1.13. The molecule has 0 spiro atoms. The lowest BCUT2D eigenvalue weighted by molar-refractivity contribution is -0.121. The van der Waals surface area contributed by atoms with Crippen LogP contribution in [0.4, 0.5) is 11.4 Å². The number of nitrogens with zero attached hydrogens (tertiary/aromatic N) is 4. The maximum atomic E-state index is 12.6. The van der Waals surface area contributed by atoms with Gasteiger partial charge in [0, 0.05) is 30.8 Å². The largest absolute Gasteiger partial charge is 0.497 e. The number of hydrogen-bond donors (Lipinski definition) is 0. The van der Waals surface area contributed by atoms with Crippen LogP contribution in [0, 0.1) is 0 Å². The summed E-state index contributed by atoms with van der Waals surface area (Å²) in [5, 5.41) is 4.14. The molecule has 2 amide bonds. The molecule has 1 aromatic heterocycles. The van der Waals surface area contributed by atoms with Crippen LogP contribution in [0.3, 0.4) is 0 Å². The molecule has 2 aromatic carbocycles. The Kier molecular flexibility index (Phi) is 5.45. The summed E-state index contributed by atoms with van der Waals surface area (Å²) in [4.78, 5) is 32.9. The van der Waals surface area contributed by atoms with E-state index < -0.39 is 0 Å². The number of fused-ring (bicyclic) bond motifs is 1. The highest BCUT2D eigenvalue weighted by Crippen LogP contribution is 2.37. The summed E-state index contributed by atoms with van der Waals surface area (Å²) in [5.74, 6) is 1.97. The second kappa shape index (κ2) is 8.57. The van der Waals surface area contributed by atoms with Gasteiger partial charge in [0.05, 0.1) is 18.7 Å². The van der Waals surface area contributed by atoms with E-state index in [1.807, 2.05) is 49.4 Å². The standard InChI is InChI=1S/C24H24N4O5/c1-3-10-27-19-11-15(4-9-20(19)32-14-22(27)30)23-25-24(33-26-23)16-12-21(29)28(13-16)17-5-7-18(31-2)8-6-17/h4-9,11,16H,3,10,12-14H2,1-2H3. The quantitative estimate of drug-likeness (QED) is 0.570. The summed E-state index contributed by atoms with van der Waals surface area (Å²) in [6.45, 7) is 3.14. The lowest BCUT2D eigenvalue weighted by atomic mass is 10.1. The molecule has 3 heterocycles. The van der Waals surface area contributed by atoms with E-state index in [1.54, 1.807) is 16.9 Å². The Morgan fingerprint density at radius 3 is 2.70 bits per heavy atom. The van der Waals surface area contributed by atoms with E-state index in [1.165, 1.54) is 0 Å². The number of ether oxygens (including phenoxy) is 2. The van der Waals surface area contributed by atoms with Gasteiger partial charge in [-0.25, -0.2) is 0 Å². The summed E-state index contributed by atoms with van der Waals surface area (Å²) in [5.41, 5.74) is 2.23. The summed E-state index contributed by atoms with van der Waals surface area (Å²) in [7, 11) is 1.61. The van der Waals surface area contributed by atoms with Crippen molar-refractivity contribution < 1.29 is 23.6 Å². The van der Waals surface area contributed by atoms with Gasteiger partial charge in [0.15, 0.2) is 6.61 Å². The van der Waals surface area contributed by atoms with E-state index >= 15 is 0 Å². The molecule has 1 atom stereocenters. The van der Waals surface area contributed by atoms with Gasteiger partial charge < -0.3 is 23.8 Å². The van der Waals surface area contributed by atoms with Gasteiger partial charge in [0.1, 0.15) is 11.5 Å². The Morgan fingerprint density at radius 1 is 1.12 bits per heavy atom. The summed E-state index contributed by atoms with van der Waals surface area (Å²) >= 11 is 0. The third-order valence-corrected chi connectivity index (χ3v) is 5.91. The summed E-state index contributed by atoms with van der Waals surface area (Å²) < 4.78 is 16.3. The number of amides is 2. The molecule has 1 saturated heterocycles. The third-order valence-electron chi connectivity index (χ3n) is 5.91. The third kappa shape index (κ3) is 3.90. The van der Waals surface area contributed by atoms with Crippen LogP contribution in [0.25, 0.3) is 11.4 Å². The first kappa shape index (κ1) is 21.0. The van der Waals surface area contributed by atoms with Crippen LogP contribution >= 0.6 is 0 Å². The van der Waals surface area contributed by atoms with Crippen molar-refractivity contribution in [1.82, 2.24) is 10.1 Å². The Bertz CT molecular complexity index is 1190. The van der Waals surface area contributed by atoms with Crippen molar-refractivity contribution in [2.75, 3.05) is 36.6 Å². The molecule has 2 aliphatic heterocycles. The number of rotatable bonds is 6. The zero-order valence-electron chi connectivity index (χ0n) is 18.5. The lowest BCUT2D eigenvalue weighted by Gasteiger charge is -2.29. The van der Waals surface area contributed by atoms with Gasteiger partial charge in [-0.15, -0.1) is 0 Å². The van der Waals surface area contributed by atoms with E-state index in [-0.39, 0.29) is 24.3 Å².